The number of rotatable bonds is 1. The molecule has 3 rings (SSSR count). The van der Waals surface area contributed by atoms with Gasteiger partial charge in [-0.05, 0) is 25.5 Å². The molecule has 4 nitrogen and oxygen atoms in total. The van der Waals surface area contributed by atoms with E-state index >= 15 is 0 Å². The van der Waals surface area contributed by atoms with Crippen LogP contribution in [-0.4, -0.2) is 15.0 Å². The highest BCUT2D eigenvalue weighted by Gasteiger charge is 2.09. The second-order valence-electron chi connectivity index (χ2n) is 4.66. The monoisotopic (exact) mass is 260 g/mol. The number of aromatic nitrogens is 3. The quantitative estimate of drug-likeness (QED) is 0.674. The van der Waals surface area contributed by atoms with Crippen molar-refractivity contribution >= 4 is 10.9 Å². The lowest BCUT2D eigenvalue weighted by molar-refractivity contribution is 1.04. The van der Waals surface area contributed by atoms with Crippen LogP contribution in [0.5, 0.6) is 0 Å². The Bertz CT molecular complexity index is 847. The third-order valence-electron chi connectivity index (χ3n) is 3.24. The van der Waals surface area contributed by atoms with Gasteiger partial charge < -0.3 is 0 Å². The van der Waals surface area contributed by atoms with E-state index in [1.807, 2.05) is 31.2 Å². The van der Waals surface area contributed by atoms with Crippen molar-refractivity contribution in [2.24, 2.45) is 0 Å². The van der Waals surface area contributed by atoms with Crippen LogP contribution in [-0.2, 0) is 0 Å². The van der Waals surface area contributed by atoms with Crippen LogP contribution in [0, 0.1) is 25.2 Å². The van der Waals surface area contributed by atoms with Crippen LogP contribution in [0.15, 0.2) is 36.7 Å². The van der Waals surface area contributed by atoms with Crippen molar-refractivity contribution in [1.29, 1.82) is 5.26 Å². The van der Waals surface area contributed by atoms with E-state index in [2.05, 4.69) is 21.0 Å². The van der Waals surface area contributed by atoms with Crippen molar-refractivity contribution in [2.45, 2.75) is 13.8 Å². The van der Waals surface area contributed by atoms with Crippen molar-refractivity contribution in [3.05, 3.63) is 53.7 Å². The summed E-state index contributed by atoms with van der Waals surface area (Å²) in [5, 5.41) is 10.2. The average Bonchev–Trinajstić information content (AvgIpc) is 2.47. The number of benzene rings is 1. The Labute approximate surface area is 116 Å². The summed E-state index contributed by atoms with van der Waals surface area (Å²) in [7, 11) is 0. The molecule has 0 spiro atoms. The molecule has 0 fully saturated rings. The average molecular weight is 260 g/mol. The van der Waals surface area contributed by atoms with Crippen LogP contribution in [0.3, 0.4) is 0 Å². The molecule has 0 bridgehead atoms. The van der Waals surface area contributed by atoms with Gasteiger partial charge in [-0.2, -0.15) is 5.26 Å². The predicted molar refractivity (Wildman–Crippen MR) is 77.0 cm³/mol. The van der Waals surface area contributed by atoms with E-state index in [0.29, 0.717) is 17.1 Å². The lowest BCUT2D eigenvalue weighted by Gasteiger charge is -2.06. The van der Waals surface area contributed by atoms with Crippen molar-refractivity contribution in [3.8, 4) is 17.2 Å². The smallest absolute Gasteiger partial charge is 0.152 e. The lowest BCUT2D eigenvalue weighted by atomic mass is 10.0. The molecule has 96 valence electrons. The molecule has 0 aliphatic rings. The highest BCUT2D eigenvalue weighted by Crippen LogP contribution is 2.25. The third kappa shape index (κ3) is 1.99. The second kappa shape index (κ2) is 4.71. The molecule has 0 amide bonds. The van der Waals surface area contributed by atoms with Crippen LogP contribution in [0.1, 0.15) is 17.1 Å². The van der Waals surface area contributed by atoms with Crippen molar-refractivity contribution in [3.63, 3.8) is 0 Å². The number of aryl methyl sites for hydroxylation is 2. The minimum atomic E-state index is 0.381. The number of pyridine rings is 1. The Morgan fingerprint density at radius 2 is 1.95 bits per heavy atom. The number of para-hydroxylation sites is 1. The van der Waals surface area contributed by atoms with Crippen LogP contribution in [0.25, 0.3) is 22.0 Å². The Balaban J connectivity index is 2.23. The van der Waals surface area contributed by atoms with Gasteiger partial charge in [0, 0.05) is 28.9 Å². The van der Waals surface area contributed by atoms with Crippen molar-refractivity contribution in [1.82, 2.24) is 15.0 Å². The zero-order valence-electron chi connectivity index (χ0n) is 11.3. The number of hydrogen-bond donors (Lipinski definition) is 0. The topological polar surface area (TPSA) is 62.5 Å². The summed E-state index contributed by atoms with van der Waals surface area (Å²) in [6, 6.07) is 10.2. The molecule has 4 heteroatoms. The summed E-state index contributed by atoms with van der Waals surface area (Å²) in [5.74, 6) is 0.592. The molecule has 0 radical (unpaired) electrons. The molecule has 0 unspecified atom stereocenters. The van der Waals surface area contributed by atoms with E-state index < -0.39 is 0 Å². The first-order valence-corrected chi connectivity index (χ1v) is 6.28. The summed E-state index contributed by atoms with van der Waals surface area (Å²) in [4.78, 5) is 12.8. The summed E-state index contributed by atoms with van der Waals surface area (Å²) < 4.78 is 0. The Morgan fingerprint density at radius 1 is 1.10 bits per heavy atom. The number of hydrogen-bond acceptors (Lipinski definition) is 4. The lowest BCUT2D eigenvalue weighted by Crippen LogP contribution is -1.95. The fourth-order valence-corrected chi connectivity index (χ4v) is 2.23. The molecule has 0 aliphatic heterocycles. The molecule has 0 atom stereocenters. The highest BCUT2D eigenvalue weighted by molar-refractivity contribution is 5.86. The van der Waals surface area contributed by atoms with Crippen molar-refractivity contribution < 1.29 is 0 Å². The molecule has 0 N–H and O–H groups in total. The zero-order chi connectivity index (χ0) is 14.1. The number of nitriles is 1. The molecule has 1 aromatic carbocycles. The highest BCUT2D eigenvalue weighted by atomic mass is 14.9. The van der Waals surface area contributed by atoms with E-state index in [4.69, 9.17) is 0 Å². The molecule has 0 saturated heterocycles. The maximum absolute atomic E-state index is 9.20. The molecular formula is C16H12N4. The zero-order valence-corrected chi connectivity index (χ0v) is 11.3. The van der Waals surface area contributed by atoms with Crippen LogP contribution < -0.4 is 0 Å². The Hall–Kier alpha value is -2.80. The number of fused-ring (bicyclic) bond motifs is 1. The molecular weight excluding hydrogens is 248 g/mol. The second-order valence-corrected chi connectivity index (χ2v) is 4.66. The minimum absolute atomic E-state index is 0.381. The fraction of sp³-hybridized carbons (Fsp3) is 0.125. The molecule has 0 saturated carbocycles. The van der Waals surface area contributed by atoms with E-state index in [-0.39, 0.29) is 0 Å². The maximum atomic E-state index is 9.20. The normalized spacial score (nSPS) is 10.4. The van der Waals surface area contributed by atoms with Gasteiger partial charge in [0.2, 0.25) is 0 Å². The molecule has 20 heavy (non-hydrogen) atoms. The van der Waals surface area contributed by atoms with E-state index in [9.17, 15) is 5.26 Å². The van der Waals surface area contributed by atoms with Gasteiger partial charge in [-0.1, -0.05) is 18.2 Å². The molecule has 2 aromatic heterocycles. The van der Waals surface area contributed by atoms with Crippen LogP contribution >= 0.6 is 0 Å². The van der Waals surface area contributed by atoms with Gasteiger partial charge in [0.15, 0.2) is 5.69 Å². The fourth-order valence-electron chi connectivity index (χ4n) is 2.23. The minimum Gasteiger partial charge on any atom is -0.255 e. The summed E-state index contributed by atoms with van der Waals surface area (Å²) in [5.41, 5.74) is 4.07. The third-order valence-corrected chi connectivity index (χ3v) is 3.24. The van der Waals surface area contributed by atoms with Gasteiger partial charge in [-0.15, -0.1) is 0 Å². The van der Waals surface area contributed by atoms with Crippen molar-refractivity contribution in [2.75, 3.05) is 0 Å². The Kier molecular flexibility index (Phi) is 2.88. The van der Waals surface area contributed by atoms with Crippen LogP contribution in [0.2, 0.25) is 0 Å². The molecule has 2 heterocycles. The van der Waals surface area contributed by atoms with E-state index in [1.165, 1.54) is 0 Å². The molecule has 0 aliphatic carbocycles. The first-order chi connectivity index (χ1) is 9.69. The maximum Gasteiger partial charge on any atom is 0.152 e. The van der Waals surface area contributed by atoms with Gasteiger partial charge in [-0.25, -0.2) is 9.97 Å². The summed E-state index contributed by atoms with van der Waals surface area (Å²) in [6.45, 7) is 3.80. The number of nitrogens with zero attached hydrogens (tertiary/aromatic N) is 4. The first-order valence-electron chi connectivity index (χ1n) is 6.28. The Morgan fingerprint density at radius 3 is 2.75 bits per heavy atom. The summed E-state index contributed by atoms with van der Waals surface area (Å²) >= 11 is 0. The summed E-state index contributed by atoms with van der Waals surface area (Å²) in [6.07, 6.45) is 3.45. The first kappa shape index (κ1) is 12.2. The van der Waals surface area contributed by atoms with Gasteiger partial charge in [0.05, 0.1) is 5.52 Å². The van der Waals surface area contributed by atoms with Gasteiger partial charge >= 0.3 is 0 Å². The predicted octanol–water partition coefficient (Wildman–Crippen LogP) is 3.18. The van der Waals surface area contributed by atoms with Gasteiger partial charge in [0.1, 0.15) is 11.9 Å². The van der Waals surface area contributed by atoms with Gasteiger partial charge in [-0.3, -0.25) is 4.98 Å². The largest absolute Gasteiger partial charge is 0.255 e. The standard InChI is InChI=1S/C16H12N4/c1-10-4-3-5-12-6-13(8-19-16(10)12)14-9-18-11(2)20-15(14)7-17/h3-6,8-9H,1-2H3. The SMILES string of the molecule is Cc1ncc(-c2cnc3c(C)cccc3c2)c(C#N)n1. The molecule has 3 aromatic rings. The van der Waals surface area contributed by atoms with Gasteiger partial charge in [0.25, 0.3) is 0 Å². The van der Waals surface area contributed by atoms with E-state index in [1.54, 1.807) is 19.3 Å². The van der Waals surface area contributed by atoms with E-state index in [0.717, 1.165) is 22.0 Å². The van der Waals surface area contributed by atoms with Crippen LogP contribution in [0.4, 0.5) is 0 Å².